The zero-order chi connectivity index (χ0) is 24.1. The summed E-state index contributed by atoms with van der Waals surface area (Å²) >= 11 is 0. The summed E-state index contributed by atoms with van der Waals surface area (Å²) in [6.45, 7) is 10.7. The number of ether oxygens (including phenoxy) is 1. The number of benzene rings is 1. The highest BCUT2D eigenvalue weighted by atomic mass is 16.5. The number of pyridine rings is 1. The molecule has 1 aliphatic heterocycles. The molecular weight excluding hydrogens is 430 g/mol. The Labute approximate surface area is 200 Å². The summed E-state index contributed by atoms with van der Waals surface area (Å²) in [5.41, 5.74) is 3.36. The maximum Gasteiger partial charge on any atom is 0.257 e. The highest BCUT2D eigenvalue weighted by molar-refractivity contribution is 5.97. The number of hydrogen-bond donors (Lipinski definition) is 0. The van der Waals surface area contributed by atoms with E-state index in [0.717, 1.165) is 30.0 Å². The molecule has 1 fully saturated rings. The van der Waals surface area contributed by atoms with Crippen molar-refractivity contribution in [2.75, 3.05) is 45.8 Å². The molecule has 3 heterocycles. The van der Waals surface area contributed by atoms with Gasteiger partial charge in [0, 0.05) is 51.7 Å². The van der Waals surface area contributed by atoms with E-state index in [1.165, 1.54) is 0 Å². The summed E-state index contributed by atoms with van der Waals surface area (Å²) in [5.74, 6) is 0.655. The Hall–Kier alpha value is -3.39. The molecule has 0 bridgehead atoms. The van der Waals surface area contributed by atoms with Gasteiger partial charge in [-0.2, -0.15) is 0 Å². The first-order valence-corrected chi connectivity index (χ1v) is 11.9. The highest BCUT2D eigenvalue weighted by Gasteiger charge is 2.26. The minimum Gasteiger partial charge on any atom is -0.486 e. The second-order valence-corrected chi connectivity index (χ2v) is 8.57. The van der Waals surface area contributed by atoms with Crippen molar-refractivity contribution >= 4 is 17.5 Å². The van der Waals surface area contributed by atoms with Crippen LogP contribution in [0.4, 0.5) is 0 Å². The van der Waals surface area contributed by atoms with Crippen LogP contribution in [0.1, 0.15) is 35.5 Å². The summed E-state index contributed by atoms with van der Waals surface area (Å²) in [5, 5.41) is 0. The first-order chi connectivity index (χ1) is 16.5. The fourth-order valence-corrected chi connectivity index (χ4v) is 4.34. The zero-order valence-corrected chi connectivity index (χ0v) is 20.2. The van der Waals surface area contributed by atoms with Crippen LogP contribution in [0.5, 0.6) is 5.75 Å². The molecule has 2 amide bonds. The van der Waals surface area contributed by atoms with Crippen molar-refractivity contribution in [3.63, 3.8) is 0 Å². The maximum absolute atomic E-state index is 13.3. The van der Waals surface area contributed by atoms with E-state index in [1.807, 2.05) is 83.8 Å². The predicted octanol–water partition coefficient (Wildman–Crippen LogP) is 2.85. The molecule has 8 nitrogen and oxygen atoms in total. The number of aromatic nitrogens is 2. The molecule has 0 atom stereocenters. The summed E-state index contributed by atoms with van der Waals surface area (Å²) in [4.78, 5) is 36.1. The predicted molar refractivity (Wildman–Crippen MR) is 131 cm³/mol. The molecule has 2 aromatic heterocycles. The smallest absolute Gasteiger partial charge is 0.257 e. The fourth-order valence-electron chi connectivity index (χ4n) is 4.34. The van der Waals surface area contributed by atoms with Gasteiger partial charge in [-0.15, -0.1) is 0 Å². The molecule has 8 heteroatoms. The lowest BCUT2D eigenvalue weighted by molar-refractivity contribution is -0.132. The van der Waals surface area contributed by atoms with Crippen molar-refractivity contribution in [1.29, 1.82) is 0 Å². The van der Waals surface area contributed by atoms with Crippen molar-refractivity contribution in [2.24, 2.45) is 0 Å². The van der Waals surface area contributed by atoms with Crippen LogP contribution in [0.25, 0.3) is 5.65 Å². The number of piperazine rings is 1. The topological polar surface area (TPSA) is 70.4 Å². The molecule has 1 saturated heterocycles. The molecule has 4 rings (SSSR count). The monoisotopic (exact) mass is 463 g/mol. The Bertz CT molecular complexity index is 1150. The van der Waals surface area contributed by atoms with Crippen LogP contribution < -0.4 is 4.74 Å². The van der Waals surface area contributed by atoms with Crippen LogP contribution >= 0.6 is 0 Å². The lowest BCUT2D eigenvalue weighted by Gasteiger charge is -2.35. The quantitative estimate of drug-likeness (QED) is 0.514. The maximum atomic E-state index is 13.3. The fraction of sp³-hybridized carbons (Fsp3) is 0.423. The number of carbonyl (C=O) groups excluding carboxylic acids is 2. The lowest BCUT2D eigenvalue weighted by Crippen LogP contribution is -2.51. The second kappa shape index (κ2) is 10.7. The number of carbonyl (C=O) groups is 2. The van der Waals surface area contributed by atoms with E-state index in [2.05, 4.69) is 9.88 Å². The van der Waals surface area contributed by atoms with Gasteiger partial charge in [0.2, 0.25) is 5.91 Å². The number of aryl methyl sites for hydroxylation is 1. The number of para-hydroxylation sites is 1. The molecule has 0 unspecified atom stereocenters. The summed E-state index contributed by atoms with van der Waals surface area (Å²) < 4.78 is 8.03. The average Bonchev–Trinajstić information content (AvgIpc) is 3.28. The molecule has 180 valence electrons. The van der Waals surface area contributed by atoms with Gasteiger partial charge in [0.05, 0.1) is 17.8 Å². The molecule has 0 saturated carbocycles. The zero-order valence-electron chi connectivity index (χ0n) is 20.2. The molecule has 0 N–H and O–H groups in total. The standard InChI is InChI=1S/C26H33N5O3/c1-4-29(5-2)24(32)18-28-13-15-30(16-14-28)26(33)22-10-6-7-11-23(22)34-19-21-17-31-12-8-9-20(3)25(31)27-21/h6-12,17H,4-5,13-16,18-19H2,1-3H3. The molecule has 3 aromatic rings. The third-order valence-corrected chi connectivity index (χ3v) is 6.36. The van der Waals surface area contributed by atoms with E-state index in [-0.39, 0.29) is 18.4 Å². The van der Waals surface area contributed by atoms with Gasteiger partial charge in [-0.1, -0.05) is 18.2 Å². The third-order valence-electron chi connectivity index (χ3n) is 6.36. The number of hydrogen-bond acceptors (Lipinski definition) is 5. The lowest BCUT2D eigenvalue weighted by atomic mass is 10.1. The van der Waals surface area contributed by atoms with Crippen molar-refractivity contribution < 1.29 is 14.3 Å². The van der Waals surface area contributed by atoms with E-state index < -0.39 is 0 Å². The normalized spacial score (nSPS) is 14.4. The minimum absolute atomic E-state index is 0.0452. The van der Waals surface area contributed by atoms with Crippen molar-refractivity contribution in [3.8, 4) is 5.75 Å². The number of rotatable bonds is 8. The Balaban J connectivity index is 1.37. The van der Waals surface area contributed by atoms with E-state index in [4.69, 9.17) is 4.74 Å². The molecule has 0 spiro atoms. The molecular formula is C26H33N5O3. The molecule has 34 heavy (non-hydrogen) atoms. The van der Waals surface area contributed by atoms with Gasteiger partial charge in [0.1, 0.15) is 18.0 Å². The van der Waals surface area contributed by atoms with E-state index in [9.17, 15) is 9.59 Å². The van der Waals surface area contributed by atoms with E-state index in [0.29, 0.717) is 44.0 Å². The van der Waals surface area contributed by atoms with Gasteiger partial charge in [0.25, 0.3) is 5.91 Å². The van der Waals surface area contributed by atoms with Crippen LogP contribution in [-0.4, -0.2) is 81.7 Å². The van der Waals surface area contributed by atoms with Crippen LogP contribution in [0.2, 0.25) is 0 Å². The summed E-state index contributed by atoms with van der Waals surface area (Å²) in [6, 6.07) is 11.4. The average molecular weight is 464 g/mol. The van der Waals surface area contributed by atoms with Gasteiger partial charge in [-0.25, -0.2) is 4.98 Å². The van der Waals surface area contributed by atoms with Crippen LogP contribution in [0, 0.1) is 6.92 Å². The first kappa shape index (κ1) is 23.8. The summed E-state index contributed by atoms with van der Waals surface area (Å²) in [7, 11) is 0. The number of imidazole rings is 1. The van der Waals surface area contributed by atoms with Crippen LogP contribution in [0.3, 0.4) is 0 Å². The Morgan fingerprint density at radius 1 is 1.03 bits per heavy atom. The van der Waals surface area contributed by atoms with Crippen LogP contribution in [0.15, 0.2) is 48.8 Å². The number of fused-ring (bicyclic) bond motifs is 1. The highest BCUT2D eigenvalue weighted by Crippen LogP contribution is 2.22. The first-order valence-electron chi connectivity index (χ1n) is 11.9. The van der Waals surface area contributed by atoms with Crippen molar-refractivity contribution in [1.82, 2.24) is 24.1 Å². The van der Waals surface area contributed by atoms with Crippen molar-refractivity contribution in [2.45, 2.75) is 27.4 Å². The van der Waals surface area contributed by atoms with E-state index >= 15 is 0 Å². The largest absolute Gasteiger partial charge is 0.486 e. The Morgan fingerprint density at radius 3 is 2.47 bits per heavy atom. The van der Waals surface area contributed by atoms with Gasteiger partial charge in [0.15, 0.2) is 0 Å². The molecule has 0 radical (unpaired) electrons. The van der Waals surface area contributed by atoms with Gasteiger partial charge in [-0.3, -0.25) is 14.5 Å². The van der Waals surface area contributed by atoms with Gasteiger partial charge in [-0.05, 0) is 44.5 Å². The van der Waals surface area contributed by atoms with E-state index in [1.54, 1.807) is 0 Å². The third kappa shape index (κ3) is 5.22. The number of likely N-dealkylation sites (N-methyl/N-ethyl adjacent to an activating group) is 1. The van der Waals surface area contributed by atoms with Crippen molar-refractivity contribution in [3.05, 3.63) is 65.6 Å². The molecule has 0 aliphatic carbocycles. The number of nitrogens with zero attached hydrogens (tertiary/aromatic N) is 5. The van der Waals surface area contributed by atoms with Gasteiger partial charge < -0.3 is 18.9 Å². The van der Waals surface area contributed by atoms with Crippen LogP contribution in [-0.2, 0) is 11.4 Å². The minimum atomic E-state index is -0.0452. The second-order valence-electron chi connectivity index (χ2n) is 8.57. The Morgan fingerprint density at radius 2 is 1.76 bits per heavy atom. The SMILES string of the molecule is CCN(CC)C(=O)CN1CCN(C(=O)c2ccccc2OCc2cn3cccc(C)c3n2)CC1. The summed E-state index contributed by atoms with van der Waals surface area (Å²) in [6.07, 6.45) is 3.91. The molecule has 1 aliphatic rings. The Kier molecular flexibility index (Phi) is 7.47. The molecule has 1 aromatic carbocycles. The van der Waals surface area contributed by atoms with Gasteiger partial charge >= 0.3 is 0 Å². The number of amides is 2.